The number of rotatable bonds is 5. The summed E-state index contributed by atoms with van der Waals surface area (Å²) < 4.78 is 64.1. The van der Waals surface area contributed by atoms with E-state index in [4.69, 9.17) is 4.74 Å². The molecule has 0 aliphatic heterocycles. The Morgan fingerprint density at radius 3 is 2.24 bits per heavy atom. The number of esters is 1. The number of carbonyl (C=O) groups is 1. The molecule has 1 aromatic carbocycles. The molecule has 8 heteroatoms. The molecule has 0 amide bonds. The average Bonchev–Trinajstić information content (AvgIpc) is 2.35. The van der Waals surface area contributed by atoms with Crippen molar-refractivity contribution < 1.29 is 29.0 Å². The van der Waals surface area contributed by atoms with Crippen LogP contribution in [0.1, 0.15) is 29.6 Å². The number of halogens is 5. The SMILES string of the molecule is O=C(OCCCCC#CS(F)(F)(F)(F)F)c1ccccc1. The van der Waals surface area contributed by atoms with Gasteiger partial charge in [-0.25, -0.2) is 4.79 Å². The van der Waals surface area contributed by atoms with E-state index in [1.165, 1.54) is 5.92 Å². The molecule has 0 aromatic heterocycles. The van der Waals surface area contributed by atoms with Crippen LogP contribution >= 0.6 is 10.2 Å². The molecule has 0 N–H and O–H groups in total. The van der Waals surface area contributed by atoms with Gasteiger partial charge in [-0.2, -0.15) is 0 Å². The molecule has 0 atom stereocenters. The Hall–Kier alpha value is -1.75. The van der Waals surface area contributed by atoms with Crippen molar-refractivity contribution in [1.82, 2.24) is 0 Å². The van der Waals surface area contributed by atoms with E-state index in [9.17, 15) is 24.2 Å². The van der Waals surface area contributed by atoms with Crippen molar-refractivity contribution in [2.45, 2.75) is 19.3 Å². The highest BCUT2D eigenvalue weighted by molar-refractivity contribution is 8.49. The van der Waals surface area contributed by atoms with Crippen molar-refractivity contribution in [3.8, 4) is 11.2 Å². The van der Waals surface area contributed by atoms with Gasteiger partial charge in [0.2, 0.25) is 0 Å². The van der Waals surface area contributed by atoms with E-state index in [1.807, 2.05) is 0 Å². The fraction of sp³-hybridized carbons (Fsp3) is 0.308. The average molecular weight is 328 g/mol. The second-order valence-electron chi connectivity index (χ2n) is 4.21. The van der Waals surface area contributed by atoms with Gasteiger partial charge < -0.3 is 4.74 Å². The maximum absolute atomic E-state index is 11.8. The molecular formula is C13H13F5O2S. The number of carbonyl (C=O) groups excluding carboxylic acids is 1. The number of benzene rings is 1. The van der Waals surface area contributed by atoms with E-state index in [0.29, 0.717) is 5.56 Å². The molecule has 0 fully saturated rings. The van der Waals surface area contributed by atoms with Crippen LogP contribution in [0.25, 0.3) is 0 Å². The highest BCUT2D eigenvalue weighted by Gasteiger charge is 2.62. The van der Waals surface area contributed by atoms with E-state index in [1.54, 1.807) is 30.3 Å². The monoisotopic (exact) mass is 328 g/mol. The lowest BCUT2D eigenvalue weighted by atomic mass is 10.2. The number of ether oxygens (including phenoxy) is 1. The molecule has 1 rings (SSSR count). The van der Waals surface area contributed by atoms with Gasteiger partial charge in [-0.3, -0.25) is 0 Å². The lowest BCUT2D eigenvalue weighted by Gasteiger charge is -2.33. The molecule has 0 heterocycles. The molecule has 0 saturated carbocycles. The second kappa shape index (κ2) is 5.56. The third kappa shape index (κ3) is 8.92. The van der Waals surface area contributed by atoms with Gasteiger partial charge in [0.05, 0.1) is 17.4 Å². The lowest BCUT2D eigenvalue weighted by molar-refractivity contribution is 0.0499. The first-order valence-electron chi connectivity index (χ1n) is 5.94. The Morgan fingerprint density at radius 2 is 1.67 bits per heavy atom. The minimum absolute atomic E-state index is 0.00812. The van der Waals surface area contributed by atoms with Gasteiger partial charge in [-0.1, -0.05) is 43.5 Å². The molecular weight excluding hydrogens is 315 g/mol. The molecule has 0 spiro atoms. The largest absolute Gasteiger partial charge is 0.462 e. The third-order valence-electron chi connectivity index (χ3n) is 2.20. The first-order valence-corrected chi connectivity index (χ1v) is 7.89. The molecule has 0 aliphatic rings. The molecule has 2 nitrogen and oxygen atoms in total. The van der Waals surface area contributed by atoms with Crippen LogP contribution in [0.2, 0.25) is 0 Å². The van der Waals surface area contributed by atoms with Gasteiger partial charge in [0.1, 0.15) is 0 Å². The zero-order valence-electron chi connectivity index (χ0n) is 10.8. The fourth-order valence-electron chi connectivity index (χ4n) is 1.33. The summed E-state index contributed by atoms with van der Waals surface area (Å²) in [5.41, 5.74) is 0.359. The first kappa shape index (κ1) is 17.3. The number of unbranched alkanes of at least 4 members (excludes halogenated alkanes) is 2. The predicted molar refractivity (Wildman–Crippen MR) is 71.5 cm³/mol. The second-order valence-corrected chi connectivity index (χ2v) is 6.35. The van der Waals surface area contributed by atoms with Crippen molar-refractivity contribution in [2.24, 2.45) is 0 Å². The smallest absolute Gasteiger partial charge is 0.345 e. The van der Waals surface area contributed by atoms with Crippen LogP contribution < -0.4 is 0 Å². The zero-order chi connectivity index (χ0) is 16.0. The molecule has 0 aliphatic carbocycles. The van der Waals surface area contributed by atoms with Gasteiger partial charge in [-0.05, 0) is 25.0 Å². The standard InChI is InChI=1S/C13H13F5O2S/c14-21(15,16,17,18)11-7-2-1-6-10-20-13(19)12-8-4-3-5-9-12/h3-5,8-9H,1-2,6,10H2. The molecule has 1 aromatic rings. The van der Waals surface area contributed by atoms with Gasteiger partial charge in [0.15, 0.2) is 0 Å². The molecule has 0 bridgehead atoms. The summed E-state index contributed by atoms with van der Waals surface area (Å²) in [5, 5.41) is 0.127. The topological polar surface area (TPSA) is 26.3 Å². The Bertz CT molecular complexity index is 557. The Kier molecular flexibility index (Phi) is 4.58. The summed E-state index contributed by atoms with van der Waals surface area (Å²) in [6.07, 6.45) is 0.0327. The van der Waals surface area contributed by atoms with Crippen molar-refractivity contribution in [3.05, 3.63) is 35.9 Å². The number of hydrogen-bond acceptors (Lipinski definition) is 2. The molecule has 0 radical (unpaired) electrons. The van der Waals surface area contributed by atoms with E-state index in [0.717, 1.165) is 0 Å². The summed E-state index contributed by atoms with van der Waals surface area (Å²) >= 11 is 0. The van der Waals surface area contributed by atoms with Crippen molar-refractivity contribution >= 4 is 16.2 Å². The first-order chi connectivity index (χ1) is 9.47. The van der Waals surface area contributed by atoms with E-state index in [-0.39, 0.29) is 31.1 Å². The van der Waals surface area contributed by atoms with Gasteiger partial charge in [-0.15, -0.1) is 0 Å². The number of hydrogen-bond donors (Lipinski definition) is 0. The van der Waals surface area contributed by atoms with E-state index in [2.05, 4.69) is 0 Å². The summed E-state index contributed by atoms with van der Waals surface area (Å²) in [5.74, 6) is 0.866. The highest BCUT2D eigenvalue weighted by Crippen LogP contribution is 2.97. The molecule has 118 valence electrons. The van der Waals surface area contributed by atoms with Crippen LogP contribution in [0, 0.1) is 11.2 Å². The van der Waals surface area contributed by atoms with Crippen molar-refractivity contribution in [3.63, 3.8) is 0 Å². The minimum atomic E-state index is -9.62. The Balaban J connectivity index is 2.25. The molecule has 21 heavy (non-hydrogen) atoms. The van der Waals surface area contributed by atoms with Crippen molar-refractivity contribution in [1.29, 1.82) is 0 Å². The molecule has 0 unspecified atom stereocenters. The van der Waals surface area contributed by atoms with Gasteiger partial charge in [0.25, 0.3) is 0 Å². The maximum atomic E-state index is 11.8. The van der Waals surface area contributed by atoms with Crippen LogP contribution in [-0.2, 0) is 4.74 Å². The van der Waals surface area contributed by atoms with Crippen LogP contribution in [0.3, 0.4) is 0 Å². The van der Waals surface area contributed by atoms with E-state index >= 15 is 0 Å². The fourth-order valence-corrected chi connectivity index (χ4v) is 1.70. The maximum Gasteiger partial charge on any atom is 0.345 e. The summed E-state index contributed by atoms with van der Waals surface area (Å²) in [4.78, 5) is 11.5. The quantitative estimate of drug-likeness (QED) is 0.318. The summed E-state index contributed by atoms with van der Waals surface area (Å²) in [6.45, 7) is -0.00812. The van der Waals surface area contributed by atoms with Crippen LogP contribution in [0.15, 0.2) is 30.3 Å². The van der Waals surface area contributed by atoms with Crippen LogP contribution in [-0.4, -0.2) is 12.6 Å². The van der Waals surface area contributed by atoms with Crippen LogP contribution in [0.5, 0.6) is 0 Å². The van der Waals surface area contributed by atoms with Gasteiger partial charge in [0, 0.05) is 6.42 Å². The Labute approximate surface area is 119 Å². The zero-order valence-corrected chi connectivity index (χ0v) is 11.6. The van der Waals surface area contributed by atoms with E-state index < -0.39 is 16.2 Å². The Morgan fingerprint density at radius 1 is 1.05 bits per heavy atom. The molecule has 0 saturated heterocycles. The van der Waals surface area contributed by atoms with Gasteiger partial charge >= 0.3 is 16.2 Å². The third-order valence-corrected chi connectivity index (χ3v) is 2.73. The normalized spacial score (nSPS) is 14.3. The predicted octanol–water partition coefficient (Wildman–Crippen LogP) is 5.27. The van der Waals surface area contributed by atoms with Crippen molar-refractivity contribution in [2.75, 3.05) is 6.61 Å². The highest BCUT2D eigenvalue weighted by atomic mass is 32.5. The van der Waals surface area contributed by atoms with Crippen LogP contribution in [0.4, 0.5) is 19.4 Å². The minimum Gasteiger partial charge on any atom is -0.462 e. The lowest BCUT2D eigenvalue weighted by Crippen LogP contribution is -2.06. The summed E-state index contributed by atoms with van der Waals surface area (Å²) in [7, 11) is -9.62. The summed E-state index contributed by atoms with van der Waals surface area (Å²) in [6, 6.07) is 8.16.